The molecule has 1 aromatic rings. The summed E-state index contributed by atoms with van der Waals surface area (Å²) in [6, 6.07) is 5.16. The largest absolute Gasteiger partial charge is 0.309 e. The van der Waals surface area contributed by atoms with Crippen molar-refractivity contribution in [2.45, 2.75) is 40.2 Å². The van der Waals surface area contributed by atoms with E-state index in [4.69, 9.17) is 0 Å². The molecule has 0 spiro atoms. The monoisotopic (exact) mass is 251 g/mol. The Hall–Kier alpha value is -0.470. The second kappa shape index (κ2) is 7.07. The molecule has 0 amide bonds. The van der Waals surface area contributed by atoms with Crippen LogP contribution in [0.1, 0.15) is 41.6 Å². The Balaban J connectivity index is 2.96. The summed E-state index contributed by atoms with van der Waals surface area (Å²) in [6.07, 6.45) is 3.37. The Bertz CT molecular complexity index is 360. The fourth-order valence-electron chi connectivity index (χ4n) is 2.10. The van der Waals surface area contributed by atoms with Gasteiger partial charge in [0, 0.05) is 11.8 Å². The topological polar surface area (TPSA) is 12.0 Å². The minimum Gasteiger partial charge on any atom is -0.309 e. The van der Waals surface area contributed by atoms with E-state index in [1.807, 2.05) is 11.8 Å². The molecule has 1 aromatic carbocycles. The fraction of sp³-hybridized carbons (Fsp3) is 0.600. The van der Waals surface area contributed by atoms with Crippen LogP contribution in [-0.2, 0) is 0 Å². The van der Waals surface area contributed by atoms with Crippen molar-refractivity contribution in [1.82, 2.24) is 5.32 Å². The van der Waals surface area contributed by atoms with E-state index < -0.39 is 0 Å². The first kappa shape index (κ1) is 14.6. The van der Waals surface area contributed by atoms with Gasteiger partial charge in [-0.15, -0.1) is 0 Å². The minimum absolute atomic E-state index is 0.490. The molecule has 0 bridgehead atoms. The van der Waals surface area contributed by atoms with Crippen LogP contribution in [0.4, 0.5) is 0 Å². The summed E-state index contributed by atoms with van der Waals surface area (Å²) in [5, 5.41) is 3.65. The molecular formula is C15H25NS. The highest BCUT2D eigenvalue weighted by atomic mass is 32.2. The summed E-state index contributed by atoms with van der Waals surface area (Å²) < 4.78 is 0. The van der Waals surface area contributed by atoms with Gasteiger partial charge in [0.05, 0.1) is 0 Å². The van der Waals surface area contributed by atoms with Gasteiger partial charge in [-0.2, -0.15) is 11.8 Å². The highest BCUT2D eigenvalue weighted by Gasteiger charge is 2.13. The molecule has 0 aliphatic rings. The van der Waals surface area contributed by atoms with Crippen LogP contribution in [0.15, 0.2) is 12.1 Å². The maximum absolute atomic E-state index is 3.65. The Labute approximate surface area is 110 Å². The first-order chi connectivity index (χ1) is 8.10. The molecule has 0 fully saturated rings. The van der Waals surface area contributed by atoms with Gasteiger partial charge in [-0.3, -0.25) is 0 Å². The first-order valence-corrected chi connectivity index (χ1v) is 7.79. The molecule has 1 unspecified atom stereocenters. The summed E-state index contributed by atoms with van der Waals surface area (Å²) in [5.41, 5.74) is 5.67. The molecular weight excluding hydrogens is 226 g/mol. The third-order valence-corrected chi connectivity index (χ3v) is 3.90. The van der Waals surface area contributed by atoms with Gasteiger partial charge in [0.15, 0.2) is 0 Å². The van der Waals surface area contributed by atoms with Crippen LogP contribution in [0.5, 0.6) is 0 Å². The fourth-order valence-corrected chi connectivity index (χ4v) is 2.73. The number of benzene rings is 1. The molecule has 0 aliphatic heterocycles. The standard InChI is InChI=1S/C15H25NS/c1-6-7-16-15(10-17-5)14-9-12(3)11(2)8-13(14)4/h8-9,15-16H,6-7,10H2,1-5H3. The number of rotatable bonds is 6. The molecule has 0 aromatic heterocycles. The highest BCUT2D eigenvalue weighted by Crippen LogP contribution is 2.24. The highest BCUT2D eigenvalue weighted by molar-refractivity contribution is 7.98. The third-order valence-electron chi connectivity index (χ3n) is 3.23. The Morgan fingerprint density at radius 3 is 2.35 bits per heavy atom. The first-order valence-electron chi connectivity index (χ1n) is 6.40. The van der Waals surface area contributed by atoms with Crippen molar-refractivity contribution in [2.75, 3.05) is 18.6 Å². The molecule has 0 saturated carbocycles. The number of thioether (sulfide) groups is 1. The molecule has 17 heavy (non-hydrogen) atoms. The molecule has 2 heteroatoms. The molecule has 1 N–H and O–H groups in total. The quantitative estimate of drug-likeness (QED) is 0.819. The van der Waals surface area contributed by atoms with Gasteiger partial charge >= 0.3 is 0 Å². The second-order valence-corrected chi connectivity index (χ2v) is 5.67. The van der Waals surface area contributed by atoms with Crippen LogP contribution < -0.4 is 5.32 Å². The van der Waals surface area contributed by atoms with E-state index >= 15 is 0 Å². The van der Waals surface area contributed by atoms with Crippen LogP contribution in [0.25, 0.3) is 0 Å². The van der Waals surface area contributed by atoms with Crippen molar-refractivity contribution in [2.24, 2.45) is 0 Å². The Morgan fingerprint density at radius 2 is 1.76 bits per heavy atom. The van der Waals surface area contributed by atoms with Gasteiger partial charge in [0.1, 0.15) is 0 Å². The summed E-state index contributed by atoms with van der Waals surface area (Å²) in [5.74, 6) is 1.14. The predicted octanol–water partition coefficient (Wildman–Crippen LogP) is 4.02. The van der Waals surface area contributed by atoms with Gasteiger partial charge in [-0.05, 0) is 62.2 Å². The lowest BCUT2D eigenvalue weighted by Gasteiger charge is -2.21. The van der Waals surface area contributed by atoms with Gasteiger partial charge < -0.3 is 5.32 Å². The summed E-state index contributed by atoms with van der Waals surface area (Å²) >= 11 is 1.91. The van der Waals surface area contributed by atoms with Crippen LogP contribution >= 0.6 is 11.8 Å². The number of hydrogen-bond acceptors (Lipinski definition) is 2. The summed E-state index contributed by atoms with van der Waals surface area (Å²) in [7, 11) is 0. The molecule has 96 valence electrons. The molecule has 1 atom stereocenters. The van der Waals surface area contributed by atoms with Crippen molar-refractivity contribution in [1.29, 1.82) is 0 Å². The van der Waals surface area contributed by atoms with E-state index in [1.165, 1.54) is 28.7 Å². The lowest BCUT2D eigenvalue weighted by molar-refractivity contribution is 0.575. The van der Waals surface area contributed by atoms with Crippen LogP contribution in [0.3, 0.4) is 0 Å². The van der Waals surface area contributed by atoms with E-state index in [1.54, 1.807) is 0 Å². The number of aryl methyl sites for hydroxylation is 3. The number of nitrogens with one attached hydrogen (secondary N) is 1. The zero-order valence-electron chi connectivity index (χ0n) is 11.8. The van der Waals surface area contributed by atoms with Crippen LogP contribution in [-0.4, -0.2) is 18.6 Å². The molecule has 1 nitrogen and oxygen atoms in total. The predicted molar refractivity (Wildman–Crippen MR) is 80.1 cm³/mol. The van der Waals surface area contributed by atoms with Crippen LogP contribution in [0.2, 0.25) is 0 Å². The van der Waals surface area contributed by atoms with E-state index in [-0.39, 0.29) is 0 Å². The average molecular weight is 251 g/mol. The second-order valence-electron chi connectivity index (χ2n) is 4.76. The summed E-state index contributed by atoms with van der Waals surface area (Å²) in [4.78, 5) is 0. The molecule has 0 saturated heterocycles. The lowest BCUT2D eigenvalue weighted by Crippen LogP contribution is -2.25. The lowest BCUT2D eigenvalue weighted by atomic mass is 9.96. The van der Waals surface area contributed by atoms with E-state index in [2.05, 4.69) is 51.4 Å². The number of hydrogen-bond donors (Lipinski definition) is 1. The van der Waals surface area contributed by atoms with Gasteiger partial charge in [0.25, 0.3) is 0 Å². The third kappa shape index (κ3) is 4.04. The molecule has 1 rings (SSSR count). The average Bonchev–Trinajstić information content (AvgIpc) is 2.29. The maximum atomic E-state index is 3.65. The van der Waals surface area contributed by atoms with Gasteiger partial charge in [-0.1, -0.05) is 19.1 Å². The normalized spacial score (nSPS) is 12.8. The van der Waals surface area contributed by atoms with Crippen molar-refractivity contribution in [3.63, 3.8) is 0 Å². The maximum Gasteiger partial charge on any atom is 0.0414 e. The minimum atomic E-state index is 0.490. The van der Waals surface area contributed by atoms with Crippen molar-refractivity contribution in [3.05, 3.63) is 34.4 Å². The molecule has 0 radical (unpaired) electrons. The van der Waals surface area contributed by atoms with Crippen molar-refractivity contribution >= 4 is 11.8 Å². The molecule has 0 heterocycles. The van der Waals surface area contributed by atoms with E-state index in [9.17, 15) is 0 Å². The van der Waals surface area contributed by atoms with Gasteiger partial charge in [0.2, 0.25) is 0 Å². The SMILES string of the molecule is CCCNC(CSC)c1cc(C)c(C)cc1C. The van der Waals surface area contributed by atoms with Crippen molar-refractivity contribution in [3.8, 4) is 0 Å². The van der Waals surface area contributed by atoms with Crippen LogP contribution in [0, 0.1) is 20.8 Å². The summed E-state index contributed by atoms with van der Waals surface area (Å²) in [6.45, 7) is 9.93. The smallest absolute Gasteiger partial charge is 0.0414 e. The van der Waals surface area contributed by atoms with Gasteiger partial charge in [-0.25, -0.2) is 0 Å². The zero-order chi connectivity index (χ0) is 12.8. The van der Waals surface area contributed by atoms with E-state index in [0.717, 1.165) is 12.3 Å². The van der Waals surface area contributed by atoms with Crippen molar-refractivity contribution < 1.29 is 0 Å². The Morgan fingerprint density at radius 1 is 1.12 bits per heavy atom. The molecule has 0 aliphatic carbocycles. The Kier molecular flexibility index (Phi) is 6.07. The van der Waals surface area contributed by atoms with E-state index in [0.29, 0.717) is 6.04 Å². The zero-order valence-corrected chi connectivity index (χ0v) is 12.6.